The van der Waals surface area contributed by atoms with Crippen molar-refractivity contribution in [3.63, 3.8) is 0 Å². The van der Waals surface area contributed by atoms with Crippen molar-refractivity contribution in [2.75, 3.05) is 6.54 Å². The van der Waals surface area contributed by atoms with Crippen LogP contribution in [0, 0.1) is 11.3 Å². The zero-order valence-electron chi connectivity index (χ0n) is 10.3. The average Bonchev–Trinajstić information content (AvgIpc) is 2.96. The first kappa shape index (κ1) is 13.1. The molecule has 0 spiro atoms. The van der Waals surface area contributed by atoms with Crippen molar-refractivity contribution in [1.82, 2.24) is 13.9 Å². The first-order valence-electron chi connectivity index (χ1n) is 5.92. The Morgan fingerprint density at radius 2 is 2.22 bits per heavy atom. The number of nitrogens with zero attached hydrogens (tertiary/aromatic N) is 4. The highest BCUT2D eigenvalue weighted by atomic mass is 32.2. The van der Waals surface area contributed by atoms with E-state index in [1.807, 2.05) is 6.07 Å². The van der Waals surface area contributed by atoms with Crippen LogP contribution in [0.4, 0.5) is 0 Å². The van der Waals surface area contributed by atoms with Gasteiger partial charge in [0.05, 0.1) is 12.4 Å². The Balaban J connectivity index is 2.32. The highest BCUT2D eigenvalue weighted by Gasteiger charge is 2.34. The van der Waals surface area contributed by atoms with E-state index in [0.29, 0.717) is 0 Å². The summed E-state index contributed by atoms with van der Waals surface area (Å²) in [6.07, 6.45) is 6.61. The van der Waals surface area contributed by atoms with Gasteiger partial charge in [0.1, 0.15) is 6.54 Å². The second kappa shape index (κ2) is 5.08. The molecule has 1 aromatic heterocycles. The van der Waals surface area contributed by atoms with E-state index in [9.17, 15) is 8.42 Å². The molecule has 1 aliphatic rings. The Morgan fingerprint density at radius 1 is 1.56 bits per heavy atom. The summed E-state index contributed by atoms with van der Waals surface area (Å²) in [5.41, 5.74) is 0. The third-order valence-corrected chi connectivity index (χ3v) is 5.00. The molecule has 0 amide bonds. The molecule has 0 N–H and O–H groups in total. The normalized spacial score (nSPS) is 17.2. The zero-order valence-corrected chi connectivity index (χ0v) is 11.1. The van der Waals surface area contributed by atoms with Gasteiger partial charge in [-0.3, -0.25) is 0 Å². The van der Waals surface area contributed by atoms with Crippen LogP contribution in [0.15, 0.2) is 17.6 Å². The summed E-state index contributed by atoms with van der Waals surface area (Å²) in [6.45, 7) is -0.108. The van der Waals surface area contributed by atoms with E-state index in [1.54, 1.807) is 11.6 Å². The predicted molar refractivity (Wildman–Crippen MR) is 65.0 cm³/mol. The highest BCUT2D eigenvalue weighted by molar-refractivity contribution is 7.89. The van der Waals surface area contributed by atoms with Gasteiger partial charge in [-0.1, -0.05) is 12.8 Å². The minimum Gasteiger partial charge on any atom is -0.339 e. The van der Waals surface area contributed by atoms with E-state index in [0.717, 1.165) is 25.7 Å². The molecule has 0 saturated heterocycles. The summed E-state index contributed by atoms with van der Waals surface area (Å²) in [7, 11) is -1.93. The van der Waals surface area contributed by atoms with E-state index in [4.69, 9.17) is 5.26 Å². The Bertz CT molecular complexity index is 552. The van der Waals surface area contributed by atoms with Crippen LogP contribution in [0.5, 0.6) is 0 Å². The SMILES string of the molecule is Cn1cnc(S(=O)(=O)N(CC#N)C2CCCC2)c1. The van der Waals surface area contributed by atoms with Gasteiger partial charge in [-0.15, -0.1) is 0 Å². The maximum absolute atomic E-state index is 12.4. The minimum atomic E-state index is -3.65. The van der Waals surface area contributed by atoms with Crippen LogP contribution >= 0.6 is 0 Å². The van der Waals surface area contributed by atoms with Gasteiger partial charge in [0.15, 0.2) is 5.03 Å². The van der Waals surface area contributed by atoms with Gasteiger partial charge >= 0.3 is 0 Å². The molecule has 0 radical (unpaired) electrons. The molecule has 7 heteroatoms. The molecule has 0 unspecified atom stereocenters. The van der Waals surface area contributed by atoms with Crippen LogP contribution in [0.2, 0.25) is 0 Å². The fraction of sp³-hybridized carbons (Fsp3) is 0.636. The molecule has 2 rings (SSSR count). The van der Waals surface area contributed by atoms with Crippen LogP contribution < -0.4 is 0 Å². The quantitative estimate of drug-likeness (QED) is 0.759. The molecular weight excluding hydrogens is 252 g/mol. The lowest BCUT2D eigenvalue weighted by atomic mass is 10.2. The van der Waals surface area contributed by atoms with Gasteiger partial charge in [0, 0.05) is 19.3 Å². The third kappa shape index (κ3) is 2.40. The molecule has 0 bridgehead atoms. The lowest BCUT2D eigenvalue weighted by Crippen LogP contribution is -2.39. The summed E-state index contributed by atoms with van der Waals surface area (Å²) in [5, 5.41) is 8.85. The summed E-state index contributed by atoms with van der Waals surface area (Å²) in [6, 6.07) is 1.88. The maximum atomic E-state index is 12.4. The van der Waals surface area contributed by atoms with Crippen LogP contribution in [0.3, 0.4) is 0 Å². The lowest BCUT2D eigenvalue weighted by molar-refractivity contribution is 0.349. The number of aryl methyl sites for hydroxylation is 1. The Kier molecular flexibility index (Phi) is 3.68. The van der Waals surface area contributed by atoms with Gasteiger partial charge in [-0.05, 0) is 12.8 Å². The van der Waals surface area contributed by atoms with Crippen molar-refractivity contribution in [2.45, 2.75) is 36.8 Å². The van der Waals surface area contributed by atoms with Crippen LogP contribution in [0.25, 0.3) is 0 Å². The number of hydrogen-bond donors (Lipinski definition) is 0. The Labute approximate surface area is 107 Å². The average molecular weight is 268 g/mol. The molecule has 0 aliphatic heterocycles. The van der Waals surface area contributed by atoms with Crippen molar-refractivity contribution < 1.29 is 8.42 Å². The van der Waals surface area contributed by atoms with E-state index < -0.39 is 10.0 Å². The molecule has 1 saturated carbocycles. The number of nitriles is 1. The number of hydrogen-bond acceptors (Lipinski definition) is 4. The Morgan fingerprint density at radius 3 is 2.72 bits per heavy atom. The third-order valence-electron chi connectivity index (χ3n) is 3.21. The fourth-order valence-electron chi connectivity index (χ4n) is 2.31. The zero-order chi connectivity index (χ0) is 13.2. The largest absolute Gasteiger partial charge is 0.339 e. The first-order chi connectivity index (χ1) is 8.55. The summed E-state index contributed by atoms with van der Waals surface area (Å²) < 4.78 is 27.7. The summed E-state index contributed by atoms with van der Waals surface area (Å²) in [5.74, 6) is 0. The predicted octanol–water partition coefficient (Wildman–Crippen LogP) is 0.877. The van der Waals surface area contributed by atoms with Gasteiger partial charge in [-0.25, -0.2) is 13.4 Å². The standard InChI is InChI=1S/C11H16N4O2S/c1-14-8-11(13-9-14)18(16,17)15(7-6-12)10-4-2-3-5-10/h8-10H,2-5,7H2,1H3. The van der Waals surface area contributed by atoms with Crippen molar-refractivity contribution in [3.8, 4) is 6.07 Å². The van der Waals surface area contributed by atoms with Gasteiger partial charge < -0.3 is 4.57 Å². The molecule has 0 aromatic carbocycles. The second-order valence-corrected chi connectivity index (χ2v) is 6.36. The van der Waals surface area contributed by atoms with Crippen molar-refractivity contribution >= 4 is 10.0 Å². The van der Waals surface area contributed by atoms with E-state index in [2.05, 4.69) is 4.98 Å². The minimum absolute atomic E-state index is 0.0205. The van der Waals surface area contributed by atoms with E-state index in [1.165, 1.54) is 16.8 Å². The summed E-state index contributed by atoms with van der Waals surface area (Å²) >= 11 is 0. The smallest absolute Gasteiger partial charge is 0.263 e. The van der Waals surface area contributed by atoms with Gasteiger partial charge in [0.25, 0.3) is 10.0 Å². The van der Waals surface area contributed by atoms with E-state index in [-0.39, 0.29) is 17.6 Å². The number of rotatable bonds is 4. The molecular formula is C11H16N4O2S. The van der Waals surface area contributed by atoms with Gasteiger partial charge in [0.2, 0.25) is 0 Å². The molecule has 1 aromatic rings. The van der Waals surface area contributed by atoms with Crippen LogP contribution in [-0.2, 0) is 17.1 Å². The van der Waals surface area contributed by atoms with E-state index >= 15 is 0 Å². The first-order valence-corrected chi connectivity index (χ1v) is 7.36. The number of aromatic nitrogens is 2. The van der Waals surface area contributed by atoms with Crippen molar-refractivity contribution in [3.05, 3.63) is 12.5 Å². The van der Waals surface area contributed by atoms with Crippen molar-refractivity contribution in [2.24, 2.45) is 7.05 Å². The summed E-state index contributed by atoms with van der Waals surface area (Å²) in [4.78, 5) is 3.89. The van der Waals surface area contributed by atoms with Crippen LogP contribution in [-0.4, -0.2) is 34.9 Å². The topological polar surface area (TPSA) is 79.0 Å². The Hall–Kier alpha value is -1.39. The molecule has 1 fully saturated rings. The number of imidazole rings is 1. The molecule has 1 aliphatic carbocycles. The van der Waals surface area contributed by atoms with Gasteiger partial charge in [-0.2, -0.15) is 9.57 Å². The molecule has 18 heavy (non-hydrogen) atoms. The monoisotopic (exact) mass is 268 g/mol. The molecule has 98 valence electrons. The molecule has 1 heterocycles. The number of sulfonamides is 1. The maximum Gasteiger partial charge on any atom is 0.263 e. The highest BCUT2D eigenvalue weighted by Crippen LogP contribution is 2.27. The van der Waals surface area contributed by atoms with Crippen molar-refractivity contribution in [1.29, 1.82) is 5.26 Å². The molecule has 0 atom stereocenters. The fourth-order valence-corrected chi connectivity index (χ4v) is 3.87. The lowest BCUT2D eigenvalue weighted by Gasteiger charge is -2.24. The second-order valence-electron chi connectivity index (χ2n) is 4.52. The molecule has 6 nitrogen and oxygen atoms in total. The van der Waals surface area contributed by atoms with Crippen LogP contribution in [0.1, 0.15) is 25.7 Å².